The molecule has 0 spiro atoms. The van der Waals surface area contributed by atoms with Gasteiger partial charge in [0.15, 0.2) is 0 Å². The lowest BCUT2D eigenvalue weighted by Crippen LogP contribution is -2.54. The Hall–Kier alpha value is -2.21. The maximum Gasteiger partial charge on any atom is 0.278 e. The Morgan fingerprint density at radius 2 is 1.97 bits per heavy atom. The second-order valence-corrected chi connectivity index (χ2v) is 10.2. The highest BCUT2D eigenvalue weighted by Crippen LogP contribution is 2.41. The van der Waals surface area contributed by atoms with Gasteiger partial charge in [-0.25, -0.2) is 5.06 Å². The second-order valence-electron chi connectivity index (χ2n) is 10.2. The summed E-state index contributed by atoms with van der Waals surface area (Å²) in [6.45, 7) is 9.41. The fourth-order valence-electron chi connectivity index (χ4n) is 5.98. The molecular weight excluding hydrogens is 410 g/mol. The molecule has 1 N–H and O–H groups in total. The molecule has 2 aromatic rings. The van der Waals surface area contributed by atoms with Gasteiger partial charge in [-0.1, -0.05) is 36.4 Å². The molecule has 0 radical (unpaired) electrons. The molecule has 5 rings (SSSR count). The van der Waals surface area contributed by atoms with Gasteiger partial charge in [-0.15, -0.1) is 0 Å². The van der Waals surface area contributed by atoms with Crippen molar-refractivity contribution in [3.63, 3.8) is 0 Å². The first-order valence-electron chi connectivity index (χ1n) is 12.7. The fourth-order valence-corrected chi connectivity index (χ4v) is 5.98. The molecule has 3 heterocycles. The Labute approximate surface area is 198 Å². The van der Waals surface area contributed by atoms with Gasteiger partial charge in [0.2, 0.25) is 0 Å². The number of nitrogens with one attached hydrogen (secondary N) is 1. The van der Waals surface area contributed by atoms with Gasteiger partial charge in [0.25, 0.3) is 5.91 Å². The van der Waals surface area contributed by atoms with Crippen molar-refractivity contribution in [2.45, 2.75) is 70.7 Å². The van der Waals surface area contributed by atoms with Crippen LogP contribution in [0.25, 0.3) is 0 Å². The van der Waals surface area contributed by atoms with E-state index in [4.69, 9.17) is 4.84 Å². The van der Waals surface area contributed by atoms with Gasteiger partial charge >= 0.3 is 0 Å². The molecule has 3 aliphatic heterocycles. The lowest BCUT2D eigenvalue weighted by atomic mass is 9.77. The third kappa shape index (κ3) is 4.59. The van der Waals surface area contributed by atoms with E-state index in [2.05, 4.69) is 22.3 Å². The number of hydrogen-bond acceptors (Lipinski definition) is 4. The second kappa shape index (κ2) is 9.57. The number of benzene rings is 2. The van der Waals surface area contributed by atoms with Crippen LogP contribution < -0.4 is 5.32 Å². The normalized spacial score (nSPS) is 25.6. The lowest BCUT2D eigenvalue weighted by Gasteiger charge is -2.49. The number of carbonyl (C=O) groups is 1. The van der Waals surface area contributed by atoms with Crippen LogP contribution in [0.15, 0.2) is 48.5 Å². The summed E-state index contributed by atoms with van der Waals surface area (Å²) in [5.41, 5.74) is 4.52. The van der Waals surface area contributed by atoms with Gasteiger partial charge in [0.1, 0.15) is 0 Å². The Morgan fingerprint density at radius 3 is 2.76 bits per heavy atom. The number of amides is 1. The van der Waals surface area contributed by atoms with E-state index in [0.717, 1.165) is 36.6 Å². The summed E-state index contributed by atoms with van der Waals surface area (Å²) >= 11 is 0. The smallest absolute Gasteiger partial charge is 0.278 e. The maximum absolute atomic E-state index is 13.6. The molecule has 0 saturated carbocycles. The van der Waals surface area contributed by atoms with Gasteiger partial charge in [0, 0.05) is 30.7 Å². The van der Waals surface area contributed by atoms with Crippen LogP contribution in [-0.4, -0.2) is 47.7 Å². The zero-order chi connectivity index (χ0) is 22.9. The predicted molar refractivity (Wildman–Crippen MR) is 131 cm³/mol. The standard InChI is InChI=1S/C28H37N3O2/c1-19(2)33-31(20(3)21-8-5-4-6-9-21)28(32)23-11-12-25-22(16-23)13-15-30-18-24-10-7-14-29-26(24)17-27(25)30/h4-6,8-9,11-12,16,19-20,24,26-27,29H,7,10,13-15,17-18H2,1-3H3/t20-,24+,26+,27+/m1/s1. The molecule has 5 nitrogen and oxygen atoms in total. The van der Waals surface area contributed by atoms with Crippen LogP contribution in [-0.2, 0) is 11.3 Å². The molecular formula is C28H37N3O2. The Morgan fingerprint density at radius 1 is 1.15 bits per heavy atom. The first-order valence-corrected chi connectivity index (χ1v) is 12.7. The van der Waals surface area contributed by atoms with Crippen molar-refractivity contribution >= 4 is 5.91 Å². The summed E-state index contributed by atoms with van der Waals surface area (Å²) in [4.78, 5) is 22.4. The number of piperidine rings is 2. The zero-order valence-electron chi connectivity index (χ0n) is 20.2. The van der Waals surface area contributed by atoms with Crippen LogP contribution in [0, 0.1) is 5.92 Å². The van der Waals surface area contributed by atoms with Crippen LogP contribution in [0.2, 0.25) is 0 Å². The zero-order valence-corrected chi connectivity index (χ0v) is 20.2. The molecule has 2 saturated heterocycles. The van der Waals surface area contributed by atoms with Crippen molar-refractivity contribution < 1.29 is 9.63 Å². The van der Waals surface area contributed by atoms with E-state index in [9.17, 15) is 4.79 Å². The Balaban J connectivity index is 1.39. The van der Waals surface area contributed by atoms with Gasteiger partial charge < -0.3 is 5.32 Å². The van der Waals surface area contributed by atoms with Crippen LogP contribution in [0.4, 0.5) is 0 Å². The van der Waals surface area contributed by atoms with E-state index >= 15 is 0 Å². The summed E-state index contributed by atoms with van der Waals surface area (Å²) in [6.07, 6.45) is 4.77. The molecule has 5 heteroatoms. The lowest BCUT2D eigenvalue weighted by molar-refractivity contribution is -0.174. The van der Waals surface area contributed by atoms with Crippen molar-refractivity contribution in [2.24, 2.45) is 5.92 Å². The van der Waals surface area contributed by atoms with E-state index in [-0.39, 0.29) is 18.1 Å². The molecule has 1 amide bonds. The van der Waals surface area contributed by atoms with Crippen molar-refractivity contribution in [2.75, 3.05) is 19.6 Å². The summed E-state index contributed by atoms with van der Waals surface area (Å²) in [7, 11) is 0. The SMILES string of the molecule is CC(C)ON(C(=O)c1ccc2c(c1)CCN1C[C@@H]3CCCN[C@H]3C[C@@H]21)[C@H](C)c1ccccc1. The maximum atomic E-state index is 13.6. The Kier molecular flexibility index (Phi) is 6.55. The van der Waals surface area contributed by atoms with Gasteiger partial charge in [-0.3, -0.25) is 14.5 Å². The summed E-state index contributed by atoms with van der Waals surface area (Å²) < 4.78 is 0. The summed E-state index contributed by atoms with van der Waals surface area (Å²) in [5.74, 6) is 0.724. The number of hydrogen-bond donors (Lipinski definition) is 1. The van der Waals surface area contributed by atoms with E-state index in [1.165, 1.54) is 36.9 Å². The highest BCUT2D eigenvalue weighted by Gasteiger charge is 2.39. The average molecular weight is 448 g/mol. The van der Waals surface area contributed by atoms with Crippen molar-refractivity contribution in [3.8, 4) is 0 Å². The third-order valence-electron chi connectivity index (χ3n) is 7.69. The quantitative estimate of drug-likeness (QED) is 0.662. The van der Waals surface area contributed by atoms with Crippen molar-refractivity contribution in [3.05, 3.63) is 70.8 Å². The minimum atomic E-state index is -0.166. The largest absolute Gasteiger partial charge is 0.314 e. The topological polar surface area (TPSA) is 44.8 Å². The van der Waals surface area contributed by atoms with E-state index < -0.39 is 0 Å². The molecule has 2 fully saturated rings. The molecule has 0 aliphatic carbocycles. The minimum absolute atomic E-state index is 0.0667. The Bertz CT molecular complexity index is 976. The molecule has 176 valence electrons. The van der Waals surface area contributed by atoms with Gasteiger partial charge in [0.05, 0.1) is 12.1 Å². The molecule has 3 aliphatic rings. The first-order chi connectivity index (χ1) is 16.0. The van der Waals surface area contributed by atoms with Crippen molar-refractivity contribution in [1.82, 2.24) is 15.3 Å². The molecule has 0 unspecified atom stereocenters. The number of rotatable bonds is 5. The number of nitrogens with zero attached hydrogens (tertiary/aromatic N) is 2. The van der Waals surface area contributed by atoms with Gasteiger partial charge in [-0.2, -0.15) is 0 Å². The predicted octanol–water partition coefficient (Wildman–Crippen LogP) is 4.90. The molecule has 0 bridgehead atoms. The number of fused-ring (bicyclic) bond motifs is 4. The monoisotopic (exact) mass is 447 g/mol. The summed E-state index contributed by atoms with van der Waals surface area (Å²) in [5, 5.41) is 5.34. The molecule has 33 heavy (non-hydrogen) atoms. The highest BCUT2D eigenvalue weighted by atomic mass is 16.7. The van der Waals surface area contributed by atoms with E-state index in [0.29, 0.717) is 12.1 Å². The van der Waals surface area contributed by atoms with E-state index in [1.54, 1.807) is 5.06 Å². The fraction of sp³-hybridized carbons (Fsp3) is 0.536. The number of carbonyl (C=O) groups excluding carboxylic acids is 1. The van der Waals surface area contributed by atoms with Crippen LogP contribution >= 0.6 is 0 Å². The third-order valence-corrected chi connectivity index (χ3v) is 7.69. The molecule has 2 aromatic carbocycles. The molecule has 0 aromatic heterocycles. The highest BCUT2D eigenvalue weighted by molar-refractivity contribution is 5.94. The average Bonchev–Trinajstić information content (AvgIpc) is 2.85. The first kappa shape index (κ1) is 22.6. The summed E-state index contributed by atoms with van der Waals surface area (Å²) in [6, 6.07) is 17.4. The van der Waals surface area contributed by atoms with Crippen LogP contribution in [0.1, 0.15) is 79.2 Å². The van der Waals surface area contributed by atoms with Crippen molar-refractivity contribution in [1.29, 1.82) is 0 Å². The van der Waals surface area contributed by atoms with Gasteiger partial charge in [-0.05, 0) is 87.7 Å². The van der Waals surface area contributed by atoms with Crippen LogP contribution in [0.3, 0.4) is 0 Å². The van der Waals surface area contributed by atoms with E-state index in [1.807, 2.05) is 57.2 Å². The number of hydroxylamine groups is 2. The molecule has 4 atom stereocenters. The minimum Gasteiger partial charge on any atom is -0.314 e. The van der Waals surface area contributed by atoms with Crippen LogP contribution in [0.5, 0.6) is 0 Å².